The number of amides is 1. The van der Waals surface area contributed by atoms with Gasteiger partial charge < -0.3 is 14.8 Å². The first-order valence-corrected chi connectivity index (χ1v) is 13.3. The van der Waals surface area contributed by atoms with Crippen molar-refractivity contribution in [3.05, 3.63) is 45.1 Å². The Labute approximate surface area is 197 Å². The van der Waals surface area contributed by atoms with Gasteiger partial charge in [0.1, 0.15) is 0 Å². The maximum atomic E-state index is 13.0. The van der Waals surface area contributed by atoms with E-state index in [0.717, 1.165) is 24.8 Å². The Morgan fingerprint density at radius 3 is 2.79 bits per heavy atom. The van der Waals surface area contributed by atoms with E-state index in [1.165, 1.54) is 15.2 Å². The predicted octanol–water partition coefficient (Wildman–Crippen LogP) is 3.00. The number of nitrogens with one attached hydrogen (secondary N) is 1. The molecule has 1 amide bonds. The Balaban J connectivity index is 1.39. The number of benzene rings is 1. The number of hydrogen-bond acceptors (Lipinski definition) is 7. The molecule has 178 valence electrons. The van der Waals surface area contributed by atoms with E-state index in [2.05, 4.69) is 12.2 Å². The summed E-state index contributed by atoms with van der Waals surface area (Å²) in [6.07, 6.45) is 2.85. The molecule has 1 saturated heterocycles. The average Bonchev–Trinajstić information content (AvgIpc) is 3.22. The number of esters is 1. The first-order chi connectivity index (χ1) is 15.8. The van der Waals surface area contributed by atoms with Crippen LogP contribution < -0.4 is 5.32 Å². The van der Waals surface area contributed by atoms with Gasteiger partial charge in [0, 0.05) is 29.0 Å². The van der Waals surface area contributed by atoms with Gasteiger partial charge >= 0.3 is 5.97 Å². The third-order valence-corrected chi connectivity index (χ3v) is 9.11. The highest BCUT2D eigenvalue weighted by molar-refractivity contribution is 7.89. The van der Waals surface area contributed by atoms with E-state index in [0.29, 0.717) is 49.0 Å². The Morgan fingerprint density at radius 1 is 1.27 bits per heavy atom. The van der Waals surface area contributed by atoms with Crippen molar-refractivity contribution < 1.29 is 27.5 Å². The van der Waals surface area contributed by atoms with E-state index in [9.17, 15) is 18.0 Å². The summed E-state index contributed by atoms with van der Waals surface area (Å²) in [5.74, 6) is -0.423. The molecule has 1 fully saturated rings. The van der Waals surface area contributed by atoms with Gasteiger partial charge in [-0.3, -0.25) is 4.79 Å². The van der Waals surface area contributed by atoms with E-state index in [-0.39, 0.29) is 4.90 Å². The second-order valence-corrected chi connectivity index (χ2v) is 11.4. The van der Waals surface area contributed by atoms with Gasteiger partial charge in [-0.1, -0.05) is 13.0 Å². The minimum atomic E-state index is -3.70. The topological polar surface area (TPSA) is 102 Å². The number of rotatable bonds is 6. The van der Waals surface area contributed by atoms with Crippen LogP contribution in [-0.2, 0) is 37.1 Å². The molecule has 1 aromatic heterocycles. The molecule has 0 radical (unpaired) electrons. The number of sulfonamides is 1. The number of morpholine rings is 1. The highest BCUT2D eigenvalue weighted by Gasteiger charge is 2.28. The first-order valence-electron chi connectivity index (χ1n) is 11.0. The third-order valence-electron chi connectivity index (χ3n) is 6.02. The van der Waals surface area contributed by atoms with Crippen LogP contribution in [0.4, 0.5) is 5.69 Å². The fourth-order valence-corrected chi connectivity index (χ4v) is 7.03. The van der Waals surface area contributed by atoms with Crippen LogP contribution in [0.2, 0.25) is 0 Å². The average molecular weight is 493 g/mol. The van der Waals surface area contributed by atoms with Gasteiger partial charge in [-0.2, -0.15) is 4.31 Å². The maximum absolute atomic E-state index is 13.0. The van der Waals surface area contributed by atoms with Crippen LogP contribution in [0.5, 0.6) is 0 Å². The van der Waals surface area contributed by atoms with Crippen LogP contribution >= 0.6 is 11.3 Å². The zero-order chi connectivity index (χ0) is 23.6. The zero-order valence-electron chi connectivity index (χ0n) is 18.8. The second kappa shape index (κ2) is 9.92. The predicted molar refractivity (Wildman–Crippen MR) is 125 cm³/mol. The molecule has 1 atom stereocenters. The maximum Gasteiger partial charge on any atom is 0.339 e. The molecule has 8 nitrogen and oxygen atoms in total. The van der Waals surface area contributed by atoms with Crippen molar-refractivity contribution in [2.24, 2.45) is 5.92 Å². The van der Waals surface area contributed by atoms with Crippen LogP contribution in [0.3, 0.4) is 0 Å². The normalized spacial score (nSPS) is 19.0. The number of fused-ring (bicyclic) bond motifs is 1. The van der Waals surface area contributed by atoms with Crippen molar-refractivity contribution in [2.45, 2.75) is 38.0 Å². The van der Waals surface area contributed by atoms with Gasteiger partial charge in [0.25, 0.3) is 5.91 Å². The summed E-state index contributed by atoms with van der Waals surface area (Å²) in [6, 6.07) is 4.72. The number of aryl methyl sites for hydroxylation is 1. The fraction of sp³-hybridized carbons (Fsp3) is 0.478. The van der Waals surface area contributed by atoms with Gasteiger partial charge in [0.05, 0.1) is 23.7 Å². The van der Waals surface area contributed by atoms with Gasteiger partial charge in [-0.25, -0.2) is 13.2 Å². The lowest BCUT2D eigenvalue weighted by atomic mass is 9.88. The summed E-state index contributed by atoms with van der Waals surface area (Å²) in [5, 5.41) is 4.44. The Hall–Kier alpha value is -2.27. The van der Waals surface area contributed by atoms with E-state index >= 15 is 0 Å². The van der Waals surface area contributed by atoms with E-state index < -0.39 is 28.5 Å². The standard InChI is InChI=1S/C23H28N2O6S2/c1-15-3-6-18-19(14-32-20(18)11-15)23(27)31-13-22(26)24-17-5-4-16(2)21(12-17)33(28,29)25-7-9-30-10-8-25/h4-5,12,14-15H,3,6-11,13H2,1-2H3,(H,24,26)/t15-/m0/s1. The third kappa shape index (κ3) is 5.29. The minimum absolute atomic E-state index is 0.137. The largest absolute Gasteiger partial charge is 0.452 e. The lowest BCUT2D eigenvalue weighted by Gasteiger charge is -2.26. The first kappa shape index (κ1) is 23.9. The lowest BCUT2D eigenvalue weighted by molar-refractivity contribution is -0.119. The number of carbonyl (C=O) groups is 2. The number of hydrogen-bond donors (Lipinski definition) is 1. The molecule has 1 aliphatic heterocycles. The van der Waals surface area contributed by atoms with Gasteiger partial charge in [0.15, 0.2) is 6.61 Å². The van der Waals surface area contributed by atoms with Crippen molar-refractivity contribution in [1.82, 2.24) is 4.31 Å². The zero-order valence-corrected chi connectivity index (χ0v) is 20.4. The van der Waals surface area contributed by atoms with Gasteiger partial charge in [-0.15, -0.1) is 11.3 Å². The molecular weight excluding hydrogens is 464 g/mol. The molecule has 0 unspecified atom stereocenters. The monoisotopic (exact) mass is 492 g/mol. The number of thiophene rings is 1. The summed E-state index contributed by atoms with van der Waals surface area (Å²) < 4.78 is 37.9. The smallest absolute Gasteiger partial charge is 0.339 e. The summed E-state index contributed by atoms with van der Waals surface area (Å²) in [4.78, 5) is 26.3. The molecule has 2 aromatic rings. The molecule has 1 N–H and O–H groups in total. The summed E-state index contributed by atoms with van der Waals surface area (Å²) in [7, 11) is -3.70. The summed E-state index contributed by atoms with van der Waals surface area (Å²) >= 11 is 1.57. The van der Waals surface area contributed by atoms with Crippen LogP contribution in [0.1, 0.15) is 39.7 Å². The SMILES string of the molecule is Cc1ccc(NC(=O)COC(=O)c2csc3c2CC[C@H](C)C3)cc1S(=O)(=O)N1CCOCC1. The van der Waals surface area contributed by atoms with Crippen molar-refractivity contribution in [3.63, 3.8) is 0 Å². The Bertz CT molecular complexity index is 1150. The van der Waals surface area contributed by atoms with Gasteiger partial charge in [0.2, 0.25) is 10.0 Å². The van der Waals surface area contributed by atoms with Crippen LogP contribution in [0, 0.1) is 12.8 Å². The molecule has 10 heteroatoms. The van der Waals surface area contributed by atoms with Crippen LogP contribution in [0.15, 0.2) is 28.5 Å². The molecule has 1 aromatic carbocycles. The van der Waals surface area contributed by atoms with Crippen molar-refractivity contribution >= 4 is 38.9 Å². The van der Waals surface area contributed by atoms with Gasteiger partial charge in [-0.05, 0) is 55.4 Å². The molecule has 33 heavy (non-hydrogen) atoms. The second-order valence-electron chi connectivity index (χ2n) is 8.52. The van der Waals surface area contributed by atoms with Crippen LogP contribution in [-0.4, -0.2) is 57.5 Å². The highest BCUT2D eigenvalue weighted by Crippen LogP contribution is 2.33. The molecular formula is C23H28N2O6S2. The van der Waals surface area contributed by atoms with Crippen molar-refractivity contribution in [2.75, 3.05) is 38.2 Å². The molecule has 2 heterocycles. The van der Waals surface area contributed by atoms with E-state index in [4.69, 9.17) is 9.47 Å². The number of nitrogens with zero attached hydrogens (tertiary/aromatic N) is 1. The molecule has 0 saturated carbocycles. The number of carbonyl (C=O) groups excluding carboxylic acids is 2. The summed E-state index contributed by atoms with van der Waals surface area (Å²) in [5.41, 5.74) is 2.50. The van der Waals surface area contributed by atoms with Crippen LogP contribution in [0.25, 0.3) is 0 Å². The molecule has 0 spiro atoms. The summed E-state index contributed by atoms with van der Waals surface area (Å²) in [6.45, 7) is 4.76. The lowest BCUT2D eigenvalue weighted by Crippen LogP contribution is -2.40. The number of ether oxygens (including phenoxy) is 2. The molecule has 4 rings (SSSR count). The van der Waals surface area contributed by atoms with Crippen molar-refractivity contribution in [3.8, 4) is 0 Å². The Kier molecular flexibility index (Phi) is 7.18. The van der Waals surface area contributed by atoms with Crippen molar-refractivity contribution in [1.29, 1.82) is 0 Å². The quantitative estimate of drug-likeness (QED) is 0.622. The fourth-order valence-electron chi connectivity index (χ4n) is 4.14. The molecule has 0 bridgehead atoms. The minimum Gasteiger partial charge on any atom is -0.452 e. The number of anilines is 1. The van der Waals surface area contributed by atoms with E-state index in [1.807, 2.05) is 5.38 Å². The Morgan fingerprint density at radius 2 is 2.03 bits per heavy atom. The molecule has 2 aliphatic rings. The van der Waals surface area contributed by atoms with E-state index in [1.54, 1.807) is 30.4 Å². The highest BCUT2D eigenvalue weighted by atomic mass is 32.2. The molecule has 1 aliphatic carbocycles.